The number of carbonyl (C=O) groups excluding carboxylic acids is 1. The number of carbonyl (C=O) groups is 1. The van der Waals surface area contributed by atoms with Gasteiger partial charge in [0.2, 0.25) is 10.0 Å². The first-order valence-corrected chi connectivity index (χ1v) is 11.7. The van der Waals surface area contributed by atoms with Crippen molar-refractivity contribution < 1.29 is 13.2 Å². The molecular formula is C23H31N3O3S. The zero-order valence-electron chi connectivity index (χ0n) is 18.2. The minimum Gasteiger partial charge on any atom is -0.336 e. The average molecular weight is 430 g/mol. The van der Waals surface area contributed by atoms with Crippen LogP contribution in [0.25, 0.3) is 0 Å². The maximum absolute atomic E-state index is 13.1. The van der Waals surface area contributed by atoms with E-state index in [4.69, 9.17) is 0 Å². The molecule has 1 heterocycles. The van der Waals surface area contributed by atoms with Gasteiger partial charge in [0.05, 0.1) is 4.90 Å². The van der Waals surface area contributed by atoms with E-state index in [1.54, 1.807) is 19.1 Å². The maximum atomic E-state index is 13.1. The fraction of sp³-hybridized carbons (Fsp3) is 0.435. The molecule has 6 nitrogen and oxygen atoms in total. The van der Waals surface area contributed by atoms with E-state index in [0.29, 0.717) is 24.2 Å². The SMILES string of the molecule is Cc1ccc(C(=O)N2CCN(CCc3ccccc3)C(C)C2)cc1S(=O)(=O)N(C)C. The van der Waals surface area contributed by atoms with Gasteiger partial charge in [0, 0.05) is 51.9 Å². The molecule has 1 aliphatic rings. The van der Waals surface area contributed by atoms with E-state index in [0.717, 1.165) is 19.5 Å². The highest BCUT2D eigenvalue weighted by Crippen LogP contribution is 2.22. The van der Waals surface area contributed by atoms with Crippen molar-refractivity contribution >= 4 is 15.9 Å². The van der Waals surface area contributed by atoms with E-state index >= 15 is 0 Å². The molecule has 0 N–H and O–H groups in total. The summed E-state index contributed by atoms with van der Waals surface area (Å²) in [4.78, 5) is 17.5. The van der Waals surface area contributed by atoms with Gasteiger partial charge in [-0.1, -0.05) is 36.4 Å². The Kier molecular flexibility index (Phi) is 6.95. The summed E-state index contributed by atoms with van der Waals surface area (Å²) in [5.74, 6) is -0.111. The Morgan fingerprint density at radius 3 is 2.43 bits per heavy atom. The van der Waals surface area contributed by atoms with E-state index in [9.17, 15) is 13.2 Å². The number of benzene rings is 2. The number of amides is 1. The van der Waals surface area contributed by atoms with E-state index in [1.807, 2.05) is 11.0 Å². The molecule has 162 valence electrons. The van der Waals surface area contributed by atoms with Gasteiger partial charge in [-0.3, -0.25) is 9.69 Å². The Morgan fingerprint density at radius 2 is 1.80 bits per heavy atom. The molecule has 3 rings (SSSR count). The first-order valence-electron chi connectivity index (χ1n) is 10.3. The number of hydrogen-bond acceptors (Lipinski definition) is 4. The van der Waals surface area contributed by atoms with Gasteiger partial charge >= 0.3 is 0 Å². The Bertz CT molecular complexity index is 990. The largest absolute Gasteiger partial charge is 0.336 e. The minimum absolute atomic E-state index is 0.111. The highest BCUT2D eigenvalue weighted by atomic mass is 32.2. The third kappa shape index (κ3) is 4.91. The second-order valence-corrected chi connectivity index (χ2v) is 10.3. The minimum atomic E-state index is -3.59. The van der Waals surface area contributed by atoms with Crippen LogP contribution in [-0.4, -0.2) is 74.7 Å². The summed E-state index contributed by atoms with van der Waals surface area (Å²) in [5.41, 5.74) is 2.38. The number of aryl methyl sites for hydroxylation is 1. The smallest absolute Gasteiger partial charge is 0.253 e. The molecule has 7 heteroatoms. The first-order chi connectivity index (χ1) is 14.2. The molecule has 2 aromatic carbocycles. The lowest BCUT2D eigenvalue weighted by Gasteiger charge is -2.40. The van der Waals surface area contributed by atoms with E-state index in [2.05, 4.69) is 36.1 Å². The molecule has 0 bridgehead atoms. The summed E-state index contributed by atoms with van der Waals surface area (Å²) in [6.07, 6.45) is 0.989. The highest BCUT2D eigenvalue weighted by molar-refractivity contribution is 7.89. The molecule has 1 saturated heterocycles. The predicted octanol–water partition coefficient (Wildman–Crippen LogP) is 2.63. The average Bonchev–Trinajstić information content (AvgIpc) is 2.73. The number of rotatable bonds is 6. The van der Waals surface area contributed by atoms with Crippen molar-refractivity contribution in [3.8, 4) is 0 Å². The number of piperazine rings is 1. The van der Waals surface area contributed by atoms with Crippen molar-refractivity contribution in [1.29, 1.82) is 0 Å². The lowest BCUT2D eigenvalue weighted by atomic mass is 10.1. The van der Waals surface area contributed by atoms with Crippen molar-refractivity contribution in [2.45, 2.75) is 31.2 Å². The quantitative estimate of drug-likeness (QED) is 0.708. The number of hydrogen-bond donors (Lipinski definition) is 0. The molecule has 1 fully saturated rings. The Labute approximate surface area is 180 Å². The van der Waals surface area contributed by atoms with Crippen LogP contribution in [-0.2, 0) is 16.4 Å². The van der Waals surface area contributed by atoms with E-state index in [-0.39, 0.29) is 16.8 Å². The topological polar surface area (TPSA) is 60.9 Å². The fourth-order valence-electron chi connectivity index (χ4n) is 3.82. The molecule has 1 aliphatic heterocycles. The molecule has 0 saturated carbocycles. The van der Waals surface area contributed by atoms with Crippen LogP contribution in [0.4, 0.5) is 0 Å². The van der Waals surface area contributed by atoms with Crippen LogP contribution in [0.2, 0.25) is 0 Å². The summed E-state index contributed by atoms with van der Waals surface area (Å²) in [6, 6.07) is 15.6. The van der Waals surface area contributed by atoms with Crippen LogP contribution < -0.4 is 0 Å². The molecule has 1 amide bonds. The predicted molar refractivity (Wildman–Crippen MR) is 119 cm³/mol. The summed E-state index contributed by atoms with van der Waals surface area (Å²) in [5, 5.41) is 0. The van der Waals surface area contributed by atoms with E-state index < -0.39 is 10.0 Å². The van der Waals surface area contributed by atoms with Crippen molar-refractivity contribution in [2.24, 2.45) is 0 Å². The van der Waals surface area contributed by atoms with Gasteiger partial charge in [0.15, 0.2) is 0 Å². The summed E-state index contributed by atoms with van der Waals surface area (Å²) >= 11 is 0. The maximum Gasteiger partial charge on any atom is 0.253 e. The molecule has 0 radical (unpaired) electrons. The Morgan fingerprint density at radius 1 is 1.10 bits per heavy atom. The number of nitrogens with zero attached hydrogens (tertiary/aromatic N) is 3. The normalized spacial score (nSPS) is 18.0. The van der Waals surface area contributed by atoms with Gasteiger partial charge in [0.25, 0.3) is 5.91 Å². The second-order valence-electron chi connectivity index (χ2n) is 8.14. The fourth-order valence-corrected chi connectivity index (χ4v) is 4.96. The number of sulfonamides is 1. The van der Waals surface area contributed by atoms with E-state index in [1.165, 1.54) is 30.0 Å². The molecular weight excluding hydrogens is 398 g/mol. The van der Waals surface area contributed by atoms with Crippen LogP contribution >= 0.6 is 0 Å². The van der Waals surface area contributed by atoms with Gasteiger partial charge in [-0.2, -0.15) is 0 Å². The van der Waals surface area contributed by atoms with Gasteiger partial charge < -0.3 is 4.90 Å². The molecule has 1 atom stereocenters. The third-order valence-electron chi connectivity index (χ3n) is 5.78. The molecule has 0 aromatic heterocycles. The monoisotopic (exact) mass is 429 g/mol. The van der Waals surface area contributed by atoms with Crippen molar-refractivity contribution in [3.05, 3.63) is 65.2 Å². The standard InChI is InChI=1S/C23H31N3O3S/c1-18-10-11-21(16-22(18)30(28,29)24(3)4)23(27)26-15-14-25(19(2)17-26)13-12-20-8-6-5-7-9-20/h5-11,16,19H,12-15,17H2,1-4H3. The van der Waals surface area contributed by atoms with Crippen molar-refractivity contribution in [1.82, 2.24) is 14.1 Å². The Hall–Kier alpha value is -2.22. The summed E-state index contributed by atoms with van der Waals surface area (Å²) in [6.45, 7) is 6.94. The molecule has 0 aliphatic carbocycles. The van der Waals surface area contributed by atoms with Gasteiger partial charge in [0.1, 0.15) is 0 Å². The van der Waals surface area contributed by atoms with Crippen molar-refractivity contribution in [2.75, 3.05) is 40.3 Å². The second kappa shape index (κ2) is 9.29. The zero-order chi connectivity index (χ0) is 21.9. The van der Waals surface area contributed by atoms with Crippen LogP contribution in [0.5, 0.6) is 0 Å². The first kappa shape index (κ1) is 22.5. The molecule has 0 spiro atoms. The zero-order valence-corrected chi connectivity index (χ0v) is 19.0. The third-order valence-corrected chi connectivity index (χ3v) is 7.73. The Balaban J connectivity index is 1.67. The molecule has 1 unspecified atom stereocenters. The van der Waals surface area contributed by atoms with Crippen LogP contribution in [0, 0.1) is 6.92 Å². The van der Waals surface area contributed by atoms with Crippen molar-refractivity contribution in [3.63, 3.8) is 0 Å². The van der Waals surface area contributed by atoms with Crippen LogP contribution in [0.1, 0.15) is 28.4 Å². The van der Waals surface area contributed by atoms with Gasteiger partial charge in [-0.25, -0.2) is 12.7 Å². The lowest BCUT2D eigenvalue weighted by molar-refractivity contribution is 0.0517. The summed E-state index contributed by atoms with van der Waals surface area (Å²) in [7, 11) is -0.594. The van der Waals surface area contributed by atoms with Crippen LogP contribution in [0.15, 0.2) is 53.4 Å². The lowest BCUT2D eigenvalue weighted by Crippen LogP contribution is -2.54. The molecule has 2 aromatic rings. The van der Waals surface area contributed by atoms with Crippen LogP contribution in [0.3, 0.4) is 0 Å². The van der Waals surface area contributed by atoms with Gasteiger partial charge in [-0.15, -0.1) is 0 Å². The highest BCUT2D eigenvalue weighted by Gasteiger charge is 2.28. The molecule has 30 heavy (non-hydrogen) atoms. The van der Waals surface area contributed by atoms with Gasteiger partial charge in [-0.05, 0) is 43.5 Å². The summed E-state index contributed by atoms with van der Waals surface area (Å²) < 4.78 is 26.3.